The third kappa shape index (κ3) is 2.66. The first kappa shape index (κ1) is 14.5. The third-order valence-corrected chi connectivity index (χ3v) is 4.65. The molecule has 5 nitrogen and oxygen atoms in total. The highest BCUT2D eigenvalue weighted by atomic mass is 35.5. The van der Waals surface area contributed by atoms with E-state index in [-0.39, 0.29) is 6.61 Å². The highest BCUT2D eigenvalue weighted by molar-refractivity contribution is 6.33. The number of benzene rings is 1. The minimum absolute atomic E-state index is 0.223. The van der Waals surface area contributed by atoms with Crippen molar-refractivity contribution in [2.24, 2.45) is 5.92 Å². The summed E-state index contributed by atoms with van der Waals surface area (Å²) in [5.41, 5.74) is 2.75. The Hall–Kier alpha value is -2.11. The number of aromatic nitrogens is 3. The number of nitrogens with one attached hydrogen (secondary N) is 1. The number of aromatic amines is 1. The third-order valence-electron chi connectivity index (χ3n) is 4.35. The van der Waals surface area contributed by atoms with Gasteiger partial charge in [-0.05, 0) is 24.6 Å². The highest BCUT2D eigenvalue weighted by Crippen LogP contribution is 2.31. The van der Waals surface area contributed by atoms with Crippen LogP contribution in [-0.2, 0) is 0 Å². The van der Waals surface area contributed by atoms with Gasteiger partial charge in [-0.1, -0.05) is 23.7 Å². The van der Waals surface area contributed by atoms with Crippen LogP contribution in [0.1, 0.15) is 6.42 Å². The Bertz CT molecular complexity index is 814. The van der Waals surface area contributed by atoms with Crippen molar-refractivity contribution >= 4 is 28.5 Å². The summed E-state index contributed by atoms with van der Waals surface area (Å²) < 4.78 is 0. The Labute approximate surface area is 138 Å². The first-order valence-electron chi connectivity index (χ1n) is 7.71. The topological polar surface area (TPSA) is 65.0 Å². The molecule has 2 N–H and O–H groups in total. The van der Waals surface area contributed by atoms with E-state index in [1.165, 1.54) is 0 Å². The summed E-state index contributed by atoms with van der Waals surface area (Å²) in [6.07, 6.45) is 2.66. The summed E-state index contributed by atoms with van der Waals surface area (Å²) in [6.45, 7) is 1.95. The predicted molar refractivity (Wildman–Crippen MR) is 91.7 cm³/mol. The van der Waals surface area contributed by atoms with Crippen molar-refractivity contribution in [1.82, 2.24) is 15.0 Å². The van der Waals surface area contributed by atoms with Crippen LogP contribution in [0.25, 0.3) is 22.4 Å². The molecule has 23 heavy (non-hydrogen) atoms. The van der Waals surface area contributed by atoms with Gasteiger partial charge in [-0.15, -0.1) is 0 Å². The lowest BCUT2D eigenvalue weighted by Crippen LogP contribution is -2.21. The van der Waals surface area contributed by atoms with Crippen LogP contribution in [0.2, 0.25) is 5.02 Å². The molecule has 4 rings (SSSR count). The molecule has 1 aromatic carbocycles. The Morgan fingerprint density at radius 2 is 2.22 bits per heavy atom. The van der Waals surface area contributed by atoms with Gasteiger partial charge in [0.2, 0.25) is 0 Å². The second-order valence-corrected chi connectivity index (χ2v) is 6.32. The van der Waals surface area contributed by atoms with Gasteiger partial charge in [0.15, 0.2) is 0 Å². The van der Waals surface area contributed by atoms with Crippen LogP contribution in [0.15, 0.2) is 36.5 Å². The van der Waals surface area contributed by atoms with Gasteiger partial charge in [0.05, 0.1) is 16.1 Å². The normalized spacial score (nSPS) is 18.0. The first-order valence-corrected chi connectivity index (χ1v) is 8.09. The molecule has 0 saturated carbocycles. The number of aliphatic hydroxyl groups is 1. The van der Waals surface area contributed by atoms with Crippen LogP contribution >= 0.6 is 11.6 Å². The fourth-order valence-electron chi connectivity index (χ4n) is 3.05. The van der Waals surface area contributed by atoms with Crippen LogP contribution < -0.4 is 4.90 Å². The minimum atomic E-state index is 0.223. The Balaban J connectivity index is 1.72. The van der Waals surface area contributed by atoms with Crippen molar-refractivity contribution in [3.63, 3.8) is 0 Å². The number of para-hydroxylation sites is 2. The van der Waals surface area contributed by atoms with Gasteiger partial charge >= 0.3 is 0 Å². The Kier molecular flexibility index (Phi) is 3.67. The molecule has 6 heteroatoms. The largest absolute Gasteiger partial charge is 0.396 e. The standard InChI is InChI=1S/C17H17ClN4O/c18-13-8-19-16(22-6-5-11(9-22)10-23)7-12(13)17-20-14-3-1-2-4-15(14)21-17/h1-4,7-8,11,23H,5-6,9-10H2,(H,20,21). The molecule has 3 aromatic rings. The van der Waals surface area contributed by atoms with E-state index >= 15 is 0 Å². The van der Waals surface area contributed by atoms with E-state index in [4.69, 9.17) is 11.6 Å². The van der Waals surface area contributed by atoms with Crippen LogP contribution in [0.5, 0.6) is 0 Å². The van der Waals surface area contributed by atoms with Crippen molar-refractivity contribution in [3.8, 4) is 11.4 Å². The van der Waals surface area contributed by atoms with E-state index in [2.05, 4.69) is 19.9 Å². The van der Waals surface area contributed by atoms with Gasteiger partial charge in [-0.25, -0.2) is 9.97 Å². The zero-order valence-corrected chi connectivity index (χ0v) is 13.3. The molecule has 118 valence electrons. The molecule has 1 saturated heterocycles. The van der Waals surface area contributed by atoms with E-state index in [1.54, 1.807) is 6.20 Å². The summed E-state index contributed by atoms with van der Waals surface area (Å²) in [5, 5.41) is 9.88. The van der Waals surface area contributed by atoms with Crippen LogP contribution in [0.3, 0.4) is 0 Å². The molecule has 2 aromatic heterocycles. The molecule has 1 aliphatic rings. The minimum Gasteiger partial charge on any atom is -0.396 e. The van der Waals surface area contributed by atoms with Gasteiger partial charge in [0.1, 0.15) is 11.6 Å². The zero-order valence-electron chi connectivity index (χ0n) is 12.5. The summed E-state index contributed by atoms with van der Waals surface area (Å²) in [6, 6.07) is 9.88. The van der Waals surface area contributed by atoms with E-state index in [0.717, 1.165) is 47.7 Å². The molecule has 0 bridgehead atoms. The molecular weight excluding hydrogens is 312 g/mol. The number of nitrogens with zero attached hydrogens (tertiary/aromatic N) is 3. The number of hydrogen-bond donors (Lipinski definition) is 2. The average molecular weight is 329 g/mol. The Morgan fingerprint density at radius 1 is 1.35 bits per heavy atom. The monoisotopic (exact) mass is 328 g/mol. The maximum absolute atomic E-state index is 9.30. The van der Waals surface area contributed by atoms with Gasteiger partial charge in [0.25, 0.3) is 0 Å². The number of aliphatic hydroxyl groups excluding tert-OH is 1. The number of hydrogen-bond acceptors (Lipinski definition) is 4. The Morgan fingerprint density at radius 3 is 3.00 bits per heavy atom. The van der Waals surface area contributed by atoms with Crippen LogP contribution in [0, 0.1) is 5.92 Å². The van der Waals surface area contributed by atoms with Gasteiger partial charge in [0, 0.05) is 37.4 Å². The molecule has 0 radical (unpaired) electrons. The van der Waals surface area contributed by atoms with E-state index in [0.29, 0.717) is 10.9 Å². The van der Waals surface area contributed by atoms with E-state index in [1.807, 2.05) is 30.3 Å². The number of H-pyrrole nitrogens is 1. The first-order chi connectivity index (χ1) is 11.2. The van der Waals surface area contributed by atoms with Crippen molar-refractivity contribution < 1.29 is 5.11 Å². The molecule has 1 fully saturated rings. The number of pyridine rings is 1. The second kappa shape index (κ2) is 5.83. The molecule has 0 aliphatic carbocycles. The molecule has 1 unspecified atom stereocenters. The summed E-state index contributed by atoms with van der Waals surface area (Å²) in [5.74, 6) is 1.95. The number of fused-ring (bicyclic) bond motifs is 1. The molecule has 0 spiro atoms. The predicted octanol–water partition coefficient (Wildman–Crippen LogP) is 3.10. The lowest BCUT2D eigenvalue weighted by molar-refractivity contribution is 0.238. The summed E-state index contributed by atoms with van der Waals surface area (Å²) in [4.78, 5) is 14.5. The maximum atomic E-state index is 9.30. The van der Waals surface area contributed by atoms with Crippen molar-refractivity contribution in [2.75, 3.05) is 24.6 Å². The maximum Gasteiger partial charge on any atom is 0.140 e. The average Bonchev–Trinajstić information content (AvgIpc) is 3.21. The van der Waals surface area contributed by atoms with E-state index < -0.39 is 0 Å². The fourth-order valence-corrected chi connectivity index (χ4v) is 3.25. The number of halogens is 1. The van der Waals surface area contributed by atoms with Crippen molar-refractivity contribution in [3.05, 3.63) is 41.6 Å². The summed E-state index contributed by atoms with van der Waals surface area (Å²) in [7, 11) is 0. The molecule has 3 heterocycles. The molecule has 1 atom stereocenters. The fraction of sp³-hybridized carbons (Fsp3) is 0.294. The molecular formula is C17H17ClN4O. The van der Waals surface area contributed by atoms with E-state index in [9.17, 15) is 5.11 Å². The highest BCUT2D eigenvalue weighted by Gasteiger charge is 2.23. The smallest absolute Gasteiger partial charge is 0.140 e. The van der Waals surface area contributed by atoms with Gasteiger partial charge in [-0.2, -0.15) is 0 Å². The molecule has 0 amide bonds. The van der Waals surface area contributed by atoms with Crippen molar-refractivity contribution in [1.29, 1.82) is 0 Å². The number of imidazole rings is 1. The van der Waals surface area contributed by atoms with Gasteiger partial charge in [-0.3, -0.25) is 0 Å². The van der Waals surface area contributed by atoms with Gasteiger partial charge < -0.3 is 15.0 Å². The number of rotatable bonds is 3. The van der Waals surface area contributed by atoms with Crippen LogP contribution in [0.4, 0.5) is 5.82 Å². The second-order valence-electron chi connectivity index (χ2n) is 5.91. The lowest BCUT2D eigenvalue weighted by atomic mass is 10.1. The zero-order chi connectivity index (χ0) is 15.8. The quantitative estimate of drug-likeness (QED) is 0.775. The number of anilines is 1. The van der Waals surface area contributed by atoms with Crippen LogP contribution in [-0.4, -0.2) is 39.8 Å². The lowest BCUT2D eigenvalue weighted by Gasteiger charge is -2.18. The molecule has 1 aliphatic heterocycles. The SMILES string of the molecule is OCC1CCN(c2cc(-c3nc4ccccc4[nH]3)c(Cl)cn2)C1. The summed E-state index contributed by atoms with van der Waals surface area (Å²) >= 11 is 6.34. The van der Waals surface area contributed by atoms with Crippen molar-refractivity contribution in [2.45, 2.75) is 6.42 Å².